The Morgan fingerprint density at radius 1 is 1.38 bits per heavy atom. The second-order valence-corrected chi connectivity index (χ2v) is 4.81. The Labute approximate surface area is 97.3 Å². The minimum Gasteiger partial charge on any atom is -0.493 e. The van der Waals surface area contributed by atoms with Crippen LogP contribution in [0.1, 0.15) is 30.4 Å². The zero-order chi connectivity index (χ0) is 11.5. The van der Waals surface area contributed by atoms with Crippen LogP contribution in [0.5, 0.6) is 5.75 Å². The molecule has 16 heavy (non-hydrogen) atoms. The van der Waals surface area contributed by atoms with Gasteiger partial charge in [0.05, 0.1) is 12.7 Å². The molecule has 1 saturated carbocycles. The van der Waals surface area contributed by atoms with Crippen LogP contribution < -0.4 is 4.74 Å². The van der Waals surface area contributed by atoms with Crippen molar-refractivity contribution < 1.29 is 9.84 Å². The molecule has 1 aromatic rings. The van der Waals surface area contributed by atoms with Crippen molar-refractivity contribution >= 4 is 0 Å². The van der Waals surface area contributed by atoms with E-state index in [-0.39, 0.29) is 6.10 Å². The molecule has 0 aliphatic heterocycles. The molecule has 1 aromatic carbocycles. The van der Waals surface area contributed by atoms with Gasteiger partial charge >= 0.3 is 0 Å². The van der Waals surface area contributed by atoms with E-state index >= 15 is 0 Å². The summed E-state index contributed by atoms with van der Waals surface area (Å²) in [6.45, 7) is 4.74. The van der Waals surface area contributed by atoms with Crippen LogP contribution in [0, 0.1) is 19.8 Å². The summed E-state index contributed by atoms with van der Waals surface area (Å²) in [6.07, 6.45) is 2.96. The SMILES string of the molecule is Cc1ccc(OCCC(O)C2CC2)c(C)c1. The number of hydrogen-bond acceptors (Lipinski definition) is 2. The third kappa shape index (κ3) is 2.99. The average Bonchev–Trinajstić information content (AvgIpc) is 3.04. The monoisotopic (exact) mass is 220 g/mol. The summed E-state index contributed by atoms with van der Waals surface area (Å²) in [6, 6.07) is 6.18. The number of aryl methyl sites for hydroxylation is 2. The molecule has 0 bridgehead atoms. The number of hydrogen-bond donors (Lipinski definition) is 1. The Hall–Kier alpha value is -1.02. The van der Waals surface area contributed by atoms with E-state index in [4.69, 9.17) is 4.74 Å². The molecule has 88 valence electrons. The van der Waals surface area contributed by atoms with Crippen LogP contribution >= 0.6 is 0 Å². The maximum Gasteiger partial charge on any atom is 0.122 e. The highest BCUT2D eigenvalue weighted by molar-refractivity contribution is 5.35. The van der Waals surface area contributed by atoms with E-state index < -0.39 is 0 Å². The van der Waals surface area contributed by atoms with Gasteiger partial charge in [0, 0.05) is 6.42 Å². The van der Waals surface area contributed by atoms with E-state index in [1.54, 1.807) is 0 Å². The second kappa shape index (κ2) is 4.88. The normalized spacial score (nSPS) is 17.2. The molecule has 1 unspecified atom stereocenters. The maximum absolute atomic E-state index is 9.70. The van der Waals surface area contributed by atoms with Crippen LogP contribution in [-0.4, -0.2) is 17.8 Å². The highest BCUT2D eigenvalue weighted by atomic mass is 16.5. The fourth-order valence-electron chi connectivity index (χ4n) is 1.97. The molecule has 2 rings (SSSR count). The van der Waals surface area contributed by atoms with E-state index in [2.05, 4.69) is 26.0 Å². The zero-order valence-corrected chi connectivity index (χ0v) is 10.1. The molecule has 1 fully saturated rings. The van der Waals surface area contributed by atoms with Crippen LogP contribution in [0.25, 0.3) is 0 Å². The molecule has 0 heterocycles. The third-order valence-corrected chi connectivity index (χ3v) is 3.17. The van der Waals surface area contributed by atoms with Crippen molar-refractivity contribution in [3.05, 3.63) is 29.3 Å². The van der Waals surface area contributed by atoms with Gasteiger partial charge in [-0.3, -0.25) is 0 Å². The van der Waals surface area contributed by atoms with Crippen LogP contribution in [0.2, 0.25) is 0 Å². The van der Waals surface area contributed by atoms with Crippen LogP contribution in [0.15, 0.2) is 18.2 Å². The first-order valence-corrected chi connectivity index (χ1v) is 6.05. The van der Waals surface area contributed by atoms with Gasteiger partial charge in [0.1, 0.15) is 5.75 Å². The molecule has 0 aromatic heterocycles. The van der Waals surface area contributed by atoms with Crippen LogP contribution in [-0.2, 0) is 0 Å². The van der Waals surface area contributed by atoms with Crippen molar-refractivity contribution in [1.82, 2.24) is 0 Å². The largest absolute Gasteiger partial charge is 0.493 e. The predicted molar refractivity (Wildman–Crippen MR) is 64.8 cm³/mol. The van der Waals surface area contributed by atoms with Crippen molar-refractivity contribution in [1.29, 1.82) is 0 Å². The lowest BCUT2D eigenvalue weighted by atomic mass is 10.1. The number of aliphatic hydroxyl groups excluding tert-OH is 1. The van der Waals surface area contributed by atoms with Crippen molar-refractivity contribution in [3.8, 4) is 5.75 Å². The van der Waals surface area contributed by atoms with Crippen molar-refractivity contribution in [2.24, 2.45) is 5.92 Å². The quantitative estimate of drug-likeness (QED) is 0.826. The molecule has 2 heteroatoms. The summed E-state index contributed by atoms with van der Waals surface area (Å²) in [5.41, 5.74) is 2.42. The maximum atomic E-state index is 9.70. The molecule has 0 radical (unpaired) electrons. The molecule has 1 N–H and O–H groups in total. The average molecular weight is 220 g/mol. The lowest BCUT2D eigenvalue weighted by Gasteiger charge is -2.12. The lowest BCUT2D eigenvalue weighted by molar-refractivity contribution is 0.119. The first-order chi connectivity index (χ1) is 7.66. The summed E-state index contributed by atoms with van der Waals surface area (Å²) in [5.74, 6) is 1.48. The molecule has 1 aliphatic carbocycles. The minimum atomic E-state index is -0.161. The zero-order valence-electron chi connectivity index (χ0n) is 10.1. The Balaban J connectivity index is 1.80. The van der Waals surface area contributed by atoms with Gasteiger partial charge in [0.2, 0.25) is 0 Å². The van der Waals surface area contributed by atoms with Gasteiger partial charge in [-0.15, -0.1) is 0 Å². The van der Waals surface area contributed by atoms with E-state index in [1.165, 1.54) is 24.0 Å². The third-order valence-electron chi connectivity index (χ3n) is 3.17. The molecule has 2 nitrogen and oxygen atoms in total. The highest BCUT2D eigenvalue weighted by Gasteiger charge is 2.29. The van der Waals surface area contributed by atoms with Crippen LogP contribution in [0.4, 0.5) is 0 Å². The first kappa shape index (κ1) is 11.5. The molecule has 0 saturated heterocycles. The summed E-state index contributed by atoms with van der Waals surface area (Å²) in [7, 11) is 0. The molecule has 1 atom stereocenters. The van der Waals surface area contributed by atoms with E-state index in [9.17, 15) is 5.11 Å². The highest BCUT2D eigenvalue weighted by Crippen LogP contribution is 2.33. The fourth-order valence-corrected chi connectivity index (χ4v) is 1.97. The fraction of sp³-hybridized carbons (Fsp3) is 0.571. The summed E-state index contributed by atoms with van der Waals surface area (Å²) >= 11 is 0. The molecular weight excluding hydrogens is 200 g/mol. The van der Waals surface area contributed by atoms with E-state index in [0.717, 1.165) is 12.2 Å². The number of rotatable bonds is 5. The van der Waals surface area contributed by atoms with Gasteiger partial charge in [-0.2, -0.15) is 0 Å². The Morgan fingerprint density at radius 2 is 2.12 bits per heavy atom. The Bertz CT molecular complexity index is 356. The molecular formula is C14H20O2. The van der Waals surface area contributed by atoms with Crippen molar-refractivity contribution in [3.63, 3.8) is 0 Å². The molecule has 0 amide bonds. The topological polar surface area (TPSA) is 29.5 Å². The minimum absolute atomic E-state index is 0.161. The van der Waals surface area contributed by atoms with E-state index in [1.807, 2.05) is 6.07 Å². The number of aliphatic hydroxyl groups is 1. The smallest absolute Gasteiger partial charge is 0.122 e. The van der Waals surface area contributed by atoms with Gasteiger partial charge in [0.15, 0.2) is 0 Å². The molecule has 0 spiro atoms. The second-order valence-electron chi connectivity index (χ2n) is 4.81. The Kier molecular flexibility index (Phi) is 3.49. The summed E-state index contributed by atoms with van der Waals surface area (Å²) < 4.78 is 5.68. The summed E-state index contributed by atoms with van der Waals surface area (Å²) in [4.78, 5) is 0. The number of benzene rings is 1. The van der Waals surface area contributed by atoms with Gasteiger partial charge in [0.25, 0.3) is 0 Å². The molecule has 1 aliphatic rings. The standard InChI is InChI=1S/C14H20O2/c1-10-3-6-14(11(2)9-10)16-8-7-13(15)12-4-5-12/h3,6,9,12-13,15H,4-5,7-8H2,1-2H3. The van der Waals surface area contributed by atoms with Gasteiger partial charge in [-0.25, -0.2) is 0 Å². The summed E-state index contributed by atoms with van der Waals surface area (Å²) in [5, 5.41) is 9.70. The van der Waals surface area contributed by atoms with Crippen molar-refractivity contribution in [2.45, 2.75) is 39.2 Å². The first-order valence-electron chi connectivity index (χ1n) is 6.05. The predicted octanol–water partition coefficient (Wildman–Crippen LogP) is 2.84. The lowest BCUT2D eigenvalue weighted by Crippen LogP contribution is -2.14. The van der Waals surface area contributed by atoms with Gasteiger partial charge in [-0.05, 0) is 44.2 Å². The van der Waals surface area contributed by atoms with E-state index in [0.29, 0.717) is 12.5 Å². The number of ether oxygens (including phenoxy) is 1. The Morgan fingerprint density at radius 3 is 2.75 bits per heavy atom. The van der Waals surface area contributed by atoms with Crippen LogP contribution in [0.3, 0.4) is 0 Å². The van der Waals surface area contributed by atoms with Gasteiger partial charge < -0.3 is 9.84 Å². The van der Waals surface area contributed by atoms with Gasteiger partial charge in [-0.1, -0.05) is 17.7 Å². The van der Waals surface area contributed by atoms with Crippen molar-refractivity contribution in [2.75, 3.05) is 6.61 Å².